The summed E-state index contributed by atoms with van der Waals surface area (Å²) in [6.45, 7) is 6.27. The van der Waals surface area contributed by atoms with E-state index in [4.69, 9.17) is 4.98 Å². The van der Waals surface area contributed by atoms with Crippen LogP contribution in [0.5, 0.6) is 0 Å². The summed E-state index contributed by atoms with van der Waals surface area (Å²) in [5, 5.41) is 5.54. The lowest BCUT2D eigenvalue weighted by molar-refractivity contribution is -0.133. The summed E-state index contributed by atoms with van der Waals surface area (Å²) in [5.41, 5.74) is 2.27. The van der Waals surface area contributed by atoms with Crippen LogP contribution in [0.15, 0.2) is 54.3 Å². The summed E-state index contributed by atoms with van der Waals surface area (Å²) < 4.78 is 1.93. The Bertz CT molecular complexity index is 1200. The molecule has 0 radical (unpaired) electrons. The van der Waals surface area contributed by atoms with Gasteiger partial charge in [0, 0.05) is 50.0 Å². The largest absolute Gasteiger partial charge is 0.358 e. The number of carbonyl (C=O) groups is 1. The van der Waals surface area contributed by atoms with Crippen molar-refractivity contribution in [2.45, 2.75) is 19.4 Å². The van der Waals surface area contributed by atoms with E-state index >= 15 is 0 Å². The number of nitrogens with zero attached hydrogens (tertiary/aromatic N) is 5. The van der Waals surface area contributed by atoms with Gasteiger partial charge in [-0.3, -0.25) is 19.1 Å². The van der Waals surface area contributed by atoms with Gasteiger partial charge in [-0.25, -0.2) is 4.98 Å². The van der Waals surface area contributed by atoms with Gasteiger partial charge in [-0.15, -0.1) is 11.3 Å². The SMILES string of the molecule is CC(Nc1c(-c2c#cccc2)nc2cnccn12)C(=O)N1CCN(CCc2cccs2)CC1. The molecule has 3 aromatic heterocycles. The molecule has 5 rings (SSSR count). The highest BCUT2D eigenvalue weighted by molar-refractivity contribution is 7.09. The molecule has 0 spiro atoms. The number of carbonyl (C=O) groups excluding carboxylic acids is 1. The van der Waals surface area contributed by atoms with Gasteiger partial charge in [0.2, 0.25) is 5.91 Å². The number of thiophene rings is 1. The van der Waals surface area contributed by atoms with Crippen LogP contribution in [0, 0.1) is 12.1 Å². The number of hydrogen-bond donors (Lipinski definition) is 1. The van der Waals surface area contributed by atoms with E-state index in [0.717, 1.165) is 56.2 Å². The number of amides is 1. The van der Waals surface area contributed by atoms with Crippen molar-refractivity contribution in [1.29, 1.82) is 0 Å². The van der Waals surface area contributed by atoms with E-state index in [2.05, 4.69) is 44.8 Å². The Balaban J connectivity index is 1.25. The molecule has 4 aromatic rings. The average Bonchev–Trinajstić information content (AvgIpc) is 3.51. The van der Waals surface area contributed by atoms with Crippen LogP contribution in [0.25, 0.3) is 16.9 Å². The molecule has 1 aromatic carbocycles. The van der Waals surface area contributed by atoms with Crippen molar-refractivity contribution in [2.24, 2.45) is 0 Å². The fourth-order valence-corrected chi connectivity index (χ4v) is 4.88. The minimum Gasteiger partial charge on any atom is -0.358 e. The smallest absolute Gasteiger partial charge is 0.244 e. The summed E-state index contributed by atoms with van der Waals surface area (Å²) in [7, 11) is 0. The highest BCUT2D eigenvalue weighted by Crippen LogP contribution is 2.28. The van der Waals surface area contributed by atoms with Gasteiger partial charge < -0.3 is 10.2 Å². The number of anilines is 1. The highest BCUT2D eigenvalue weighted by Gasteiger charge is 2.26. The molecule has 4 heterocycles. The zero-order chi connectivity index (χ0) is 22.6. The van der Waals surface area contributed by atoms with Crippen LogP contribution in [-0.4, -0.2) is 68.8 Å². The van der Waals surface area contributed by atoms with Crippen LogP contribution < -0.4 is 5.32 Å². The molecule has 33 heavy (non-hydrogen) atoms. The van der Waals surface area contributed by atoms with Crippen LogP contribution >= 0.6 is 11.3 Å². The molecule has 1 atom stereocenters. The number of aromatic nitrogens is 3. The molecule has 168 valence electrons. The minimum atomic E-state index is -0.387. The zero-order valence-corrected chi connectivity index (χ0v) is 19.4. The number of hydrogen-bond acceptors (Lipinski definition) is 6. The normalized spacial score (nSPS) is 15.4. The monoisotopic (exact) mass is 458 g/mol. The van der Waals surface area contributed by atoms with Crippen LogP contribution in [0.2, 0.25) is 0 Å². The predicted octanol–water partition coefficient (Wildman–Crippen LogP) is 3.25. The van der Waals surface area contributed by atoms with E-state index < -0.39 is 0 Å². The van der Waals surface area contributed by atoms with Crippen molar-refractivity contribution in [3.63, 3.8) is 0 Å². The van der Waals surface area contributed by atoms with E-state index in [1.165, 1.54) is 4.88 Å². The van der Waals surface area contributed by atoms with Crippen LogP contribution in [0.4, 0.5) is 5.82 Å². The van der Waals surface area contributed by atoms with Crippen molar-refractivity contribution >= 4 is 28.7 Å². The molecule has 1 fully saturated rings. The van der Waals surface area contributed by atoms with Crippen molar-refractivity contribution < 1.29 is 4.79 Å². The minimum absolute atomic E-state index is 0.103. The van der Waals surface area contributed by atoms with Gasteiger partial charge in [0.15, 0.2) is 5.65 Å². The fraction of sp³-hybridized carbons (Fsp3) is 0.320. The standard InChI is InChI=1S/C25H26N6OS/c1-19(25(32)30-15-13-29(14-16-30)11-9-21-8-5-17-33-21)27-24-23(20-6-3-2-4-7-20)28-22-18-26-10-12-31(22)24/h2-3,5-6,8,10,12,17-19,27H,9,11,13-16H2,1H3. The first-order chi connectivity index (χ1) is 16.2. The van der Waals surface area contributed by atoms with Crippen molar-refractivity contribution in [3.8, 4) is 11.3 Å². The molecule has 7 nitrogen and oxygen atoms in total. The Labute approximate surface area is 197 Å². The first-order valence-corrected chi connectivity index (χ1v) is 12.1. The Morgan fingerprint density at radius 2 is 2.12 bits per heavy atom. The third-order valence-corrected chi connectivity index (χ3v) is 6.93. The van der Waals surface area contributed by atoms with Crippen LogP contribution in [0.1, 0.15) is 11.8 Å². The summed E-state index contributed by atoms with van der Waals surface area (Å²) >= 11 is 1.81. The van der Waals surface area contributed by atoms with E-state index in [1.807, 2.05) is 45.9 Å². The Hall–Kier alpha value is -3.41. The van der Waals surface area contributed by atoms with Crippen molar-refractivity contribution in [3.05, 3.63) is 71.3 Å². The number of nitrogens with one attached hydrogen (secondary N) is 1. The maximum Gasteiger partial charge on any atom is 0.244 e. The van der Waals surface area contributed by atoms with E-state index in [1.54, 1.807) is 18.5 Å². The van der Waals surface area contributed by atoms with Crippen LogP contribution in [0.3, 0.4) is 0 Å². The van der Waals surface area contributed by atoms with Gasteiger partial charge in [0.05, 0.1) is 11.8 Å². The molecule has 0 aliphatic carbocycles. The van der Waals surface area contributed by atoms with E-state index in [0.29, 0.717) is 5.65 Å². The fourth-order valence-electron chi connectivity index (χ4n) is 4.18. The number of piperazine rings is 1. The third kappa shape index (κ3) is 4.70. The maximum atomic E-state index is 13.3. The summed E-state index contributed by atoms with van der Waals surface area (Å²) in [6, 6.07) is 15.7. The van der Waals surface area contributed by atoms with Gasteiger partial charge in [0.25, 0.3) is 0 Å². The Kier molecular flexibility index (Phi) is 6.24. The molecule has 1 aliphatic rings. The molecule has 1 aliphatic heterocycles. The lowest BCUT2D eigenvalue weighted by Crippen LogP contribution is -2.52. The molecule has 8 heteroatoms. The van der Waals surface area contributed by atoms with Gasteiger partial charge in [-0.05, 0) is 36.9 Å². The van der Waals surface area contributed by atoms with Crippen molar-refractivity contribution in [2.75, 3.05) is 38.0 Å². The van der Waals surface area contributed by atoms with E-state index in [-0.39, 0.29) is 11.9 Å². The second-order valence-corrected chi connectivity index (χ2v) is 9.22. The molecular weight excluding hydrogens is 432 g/mol. The first-order valence-electron chi connectivity index (χ1n) is 11.2. The molecule has 0 saturated carbocycles. The first kappa shape index (κ1) is 21.4. The second kappa shape index (κ2) is 9.61. The number of imidazole rings is 1. The lowest BCUT2D eigenvalue weighted by atomic mass is 10.2. The molecule has 1 unspecified atom stereocenters. The van der Waals surface area contributed by atoms with Gasteiger partial charge in [-0.2, -0.15) is 0 Å². The zero-order valence-electron chi connectivity index (χ0n) is 18.6. The van der Waals surface area contributed by atoms with Crippen molar-refractivity contribution in [1.82, 2.24) is 24.2 Å². The molecule has 1 amide bonds. The quantitative estimate of drug-likeness (QED) is 0.461. The van der Waals surface area contributed by atoms with Crippen LogP contribution in [-0.2, 0) is 11.2 Å². The lowest BCUT2D eigenvalue weighted by Gasteiger charge is -2.36. The molecule has 0 bridgehead atoms. The second-order valence-electron chi connectivity index (χ2n) is 8.18. The number of rotatable bonds is 7. The van der Waals surface area contributed by atoms with Gasteiger partial charge >= 0.3 is 0 Å². The summed E-state index contributed by atoms with van der Waals surface area (Å²) in [5.74, 6) is 0.866. The maximum absolute atomic E-state index is 13.3. The molecular formula is C25H26N6OS. The Morgan fingerprint density at radius 3 is 2.88 bits per heavy atom. The highest BCUT2D eigenvalue weighted by atomic mass is 32.1. The van der Waals surface area contributed by atoms with Gasteiger partial charge in [-0.1, -0.05) is 24.3 Å². The van der Waals surface area contributed by atoms with Gasteiger partial charge in [0.1, 0.15) is 17.6 Å². The number of fused-ring (bicyclic) bond motifs is 1. The summed E-state index contributed by atoms with van der Waals surface area (Å²) in [6.07, 6.45) is 6.35. The topological polar surface area (TPSA) is 65.8 Å². The van der Waals surface area contributed by atoms with E-state index in [9.17, 15) is 4.79 Å². The third-order valence-electron chi connectivity index (χ3n) is 6.00. The summed E-state index contributed by atoms with van der Waals surface area (Å²) in [4.78, 5) is 28.0. The molecule has 1 saturated heterocycles. The Morgan fingerprint density at radius 1 is 1.24 bits per heavy atom. The average molecular weight is 459 g/mol. The predicted molar refractivity (Wildman–Crippen MR) is 130 cm³/mol. The molecule has 1 N–H and O–H groups in total.